The first kappa shape index (κ1) is 19.6. The Hall–Kier alpha value is -1.66. The van der Waals surface area contributed by atoms with E-state index in [-0.39, 0.29) is 29.4 Å². The highest BCUT2D eigenvalue weighted by Crippen LogP contribution is 2.53. The molecule has 4 rings (SSSR count). The minimum Gasteiger partial charge on any atom is -0.477 e. The van der Waals surface area contributed by atoms with Crippen molar-refractivity contribution in [1.82, 2.24) is 4.57 Å². The molecule has 1 saturated carbocycles. The van der Waals surface area contributed by atoms with Gasteiger partial charge in [-0.15, -0.1) is 0 Å². The number of anilines is 2. The van der Waals surface area contributed by atoms with E-state index < -0.39 is 20.6 Å². The fourth-order valence-corrected chi connectivity index (χ4v) is 5.68. The maximum atomic E-state index is 14.5. The van der Waals surface area contributed by atoms with Gasteiger partial charge in [-0.05, 0) is 67.0 Å². The van der Waals surface area contributed by atoms with Crippen LogP contribution in [0.3, 0.4) is 0 Å². The van der Waals surface area contributed by atoms with Crippen LogP contribution in [0.4, 0.5) is 15.8 Å². The predicted octanol–water partition coefficient (Wildman–Crippen LogP) is 2.70. The smallest absolute Gasteiger partial charge is 0.258 e. The van der Waals surface area contributed by atoms with E-state index in [1.54, 1.807) is 19.1 Å². The molecule has 0 spiro atoms. The van der Waals surface area contributed by atoms with Crippen molar-refractivity contribution < 1.29 is 17.5 Å². The Kier molecular flexibility index (Phi) is 4.70. The summed E-state index contributed by atoms with van der Waals surface area (Å²) in [7, 11) is -3.99. The number of ether oxygens (including phenoxy) is 1. The van der Waals surface area contributed by atoms with Crippen LogP contribution in [0.5, 0.6) is 5.88 Å². The molecule has 0 unspecified atom stereocenters. The number of nitrogens with two attached hydrogens (primary N) is 1. The fraction of sp³-hybridized carbons (Fsp3) is 0.389. The molecular formula is C18H19FIN3O4S. The summed E-state index contributed by atoms with van der Waals surface area (Å²) in [6, 6.07) is 4.63. The zero-order valence-electron chi connectivity index (χ0n) is 15.1. The molecular weight excluding hydrogens is 500 g/mol. The summed E-state index contributed by atoms with van der Waals surface area (Å²) < 4.78 is 46.1. The van der Waals surface area contributed by atoms with Gasteiger partial charge in [0.1, 0.15) is 17.2 Å². The van der Waals surface area contributed by atoms with Crippen LogP contribution in [-0.2, 0) is 21.3 Å². The third-order valence-electron chi connectivity index (χ3n) is 5.56. The van der Waals surface area contributed by atoms with Gasteiger partial charge in [-0.3, -0.25) is 9.36 Å². The summed E-state index contributed by atoms with van der Waals surface area (Å²) in [5, 5.41) is 8.59. The molecule has 10 heteroatoms. The molecule has 1 aliphatic carbocycles. The molecule has 28 heavy (non-hydrogen) atoms. The average Bonchev–Trinajstić information content (AvgIpc) is 3.04. The molecule has 150 valence electrons. The Bertz CT molecular complexity index is 1140. The largest absolute Gasteiger partial charge is 0.477 e. The van der Waals surface area contributed by atoms with E-state index in [9.17, 15) is 17.6 Å². The van der Waals surface area contributed by atoms with E-state index in [4.69, 9.17) is 9.88 Å². The molecule has 0 amide bonds. The van der Waals surface area contributed by atoms with Gasteiger partial charge >= 0.3 is 0 Å². The Balaban J connectivity index is 2.01. The van der Waals surface area contributed by atoms with Crippen molar-refractivity contribution in [3.8, 4) is 5.88 Å². The molecule has 2 aliphatic rings. The Labute approximate surface area is 175 Å². The SMILES string of the molecule is Cc1c(Nc2ccc(I)cc2F)c(C2(S(N)(=O)=O)CCC2)c2n(c1=O)CCO2. The third-order valence-corrected chi connectivity index (χ3v) is 7.93. The average molecular weight is 519 g/mol. The summed E-state index contributed by atoms with van der Waals surface area (Å²) >= 11 is 2.00. The maximum absolute atomic E-state index is 14.5. The number of primary sulfonamides is 1. The lowest BCUT2D eigenvalue weighted by Gasteiger charge is -2.41. The van der Waals surface area contributed by atoms with Gasteiger partial charge in [0.2, 0.25) is 15.9 Å². The number of benzene rings is 1. The number of nitrogens with one attached hydrogen (secondary N) is 1. The first-order valence-corrected chi connectivity index (χ1v) is 11.4. The van der Waals surface area contributed by atoms with Gasteiger partial charge in [0.05, 0.1) is 23.5 Å². The lowest BCUT2D eigenvalue weighted by atomic mass is 9.77. The zero-order chi connectivity index (χ0) is 20.3. The molecule has 0 bridgehead atoms. The number of nitrogens with zero attached hydrogens (tertiary/aromatic N) is 1. The summed E-state index contributed by atoms with van der Waals surface area (Å²) in [6.07, 6.45) is 1.33. The van der Waals surface area contributed by atoms with Crippen molar-refractivity contribution in [3.63, 3.8) is 0 Å². The number of rotatable bonds is 4. The van der Waals surface area contributed by atoms with Crippen LogP contribution in [0.1, 0.15) is 30.4 Å². The van der Waals surface area contributed by atoms with Gasteiger partial charge in [0.25, 0.3) is 5.56 Å². The maximum Gasteiger partial charge on any atom is 0.258 e. The predicted molar refractivity (Wildman–Crippen MR) is 112 cm³/mol. The van der Waals surface area contributed by atoms with Crippen molar-refractivity contribution in [3.05, 3.63) is 49.1 Å². The van der Waals surface area contributed by atoms with E-state index >= 15 is 0 Å². The molecule has 2 heterocycles. The first-order valence-electron chi connectivity index (χ1n) is 8.81. The molecule has 7 nitrogen and oxygen atoms in total. The van der Waals surface area contributed by atoms with E-state index in [2.05, 4.69) is 5.32 Å². The number of hydrogen-bond donors (Lipinski definition) is 2. The molecule has 1 aromatic heterocycles. The van der Waals surface area contributed by atoms with Gasteiger partial charge in [0, 0.05) is 9.13 Å². The lowest BCUT2D eigenvalue weighted by molar-refractivity contribution is 0.312. The van der Waals surface area contributed by atoms with Gasteiger partial charge in [-0.2, -0.15) is 0 Å². The van der Waals surface area contributed by atoms with Crippen molar-refractivity contribution >= 4 is 44.0 Å². The summed E-state index contributed by atoms with van der Waals surface area (Å²) in [4.78, 5) is 12.8. The molecule has 1 fully saturated rings. The second kappa shape index (κ2) is 6.70. The van der Waals surface area contributed by atoms with Crippen LogP contribution >= 0.6 is 22.6 Å². The molecule has 1 aromatic carbocycles. The van der Waals surface area contributed by atoms with Gasteiger partial charge in [-0.25, -0.2) is 17.9 Å². The van der Waals surface area contributed by atoms with Crippen LogP contribution in [-0.4, -0.2) is 19.6 Å². The van der Waals surface area contributed by atoms with Crippen molar-refractivity contribution in [2.75, 3.05) is 11.9 Å². The Morgan fingerprint density at radius 1 is 1.36 bits per heavy atom. The van der Waals surface area contributed by atoms with Crippen LogP contribution in [0.2, 0.25) is 0 Å². The topological polar surface area (TPSA) is 103 Å². The third kappa shape index (κ3) is 2.84. The quantitative estimate of drug-likeness (QED) is 0.605. The van der Waals surface area contributed by atoms with Crippen LogP contribution in [0.25, 0.3) is 0 Å². The van der Waals surface area contributed by atoms with E-state index in [1.165, 1.54) is 10.6 Å². The zero-order valence-corrected chi connectivity index (χ0v) is 18.1. The van der Waals surface area contributed by atoms with Gasteiger partial charge in [-0.1, -0.05) is 0 Å². The second-order valence-corrected chi connectivity index (χ2v) is 10.2. The van der Waals surface area contributed by atoms with Gasteiger partial charge in [0.15, 0.2) is 0 Å². The van der Waals surface area contributed by atoms with Crippen LogP contribution in [0, 0.1) is 16.3 Å². The molecule has 0 saturated heterocycles. The number of hydrogen-bond acceptors (Lipinski definition) is 5. The highest BCUT2D eigenvalue weighted by atomic mass is 127. The highest BCUT2D eigenvalue weighted by molar-refractivity contribution is 14.1. The Morgan fingerprint density at radius 2 is 2.07 bits per heavy atom. The summed E-state index contributed by atoms with van der Waals surface area (Å²) in [5.74, 6) is -0.297. The highest BCUT2D eigenvalue weighted by Gasteiger charge is 2.53. The molecule has 2 aromatic rings. The summed E-state index contributed by atoms with van der Waals surface area (Å²) in [6.45, 7) is 2.20. The Morgan fingerprint density at radius 3 is 2.64 bits per heavy atom. The minimum absolute atomic E-state index is 0.149. The molecule has 0 radical (unpaired) electrons. The van der Waals surface area contributed by atoms with E-state index in [0.29, 0.717) is 36.9 Å². The van der Waals surface area contributed by atoms with E-state index in [1.807, 2.05) is 22.6 Å². The van der Waals surface area contributed by atoms with Crippen molar-refractivity contribution in [2.24, 2.45) is 5.14 Å². The molecule has 1 aliphatic heterocycles. The normalized spacial score (nSPS) is 17.6. The number of sulfonamides is 1. The molecule has 3 N–H and O–H groups in total. The second-order valence-electron chi connectivity index (χ2n) is 7.13. The van der Waals surface area contributed by atoms with E-state index in [0.717, 1.165) is 3.57 Å². The monoisotopic (exact) mass is 519 g/mol. The van der Waals surface area contributed by atoms with Crippen LogP contribution in [0.15, 0.2) is 23.0 Å². The van der Waals surface area contributed by atoms with Crippen molar-refractivity contribution in [2.45, 2.75) is 37.5 Å². The first-order chi connectivity index (χ1) is 13.2. The number of fused-ring (bicyclic) bond motifs is 1. The molecule has 0 atom stereocenters. The minimum atomic E-state index is -3.99. The number of pyridine rings is 1. The lowest BCUT2D eigenvalue weighted by Crippen LogP contribution is -2.47. The fourth-order valence-electron chi connectivity index (χ4n) is 3.90. The summed E-state index contributed by atoms with van der Waals surface area (Å²) in [5.41, 5.74) is 0.738. The number of halogens is 2. The number of aromatic nitrogens is 1. The van der Waals surface area contributed by atoms with Crippen LogP contribution < -0.4 is 20.8 Å². The van der Waals surface area contributed by atoms with Gasteiger partial charge < -0.3 is 10.1 Å². The van der Waals surface area contributed by atoms with Crippen molar-refractivity contribution in [1.29, 1.82) is 0 Å². The standard InChI is InChI=1S/C18H19FIN3O4S/c1-10-15(22-13-4-3-11(20)9-12(13)19)14(17-23(16(10)24)7-8-27-17)18(5-2-6-18)28(21,25)26/h3-4,9,22H,2,5-8H2,1H3,(H2,21,25,26).